The average molecular weight is 257 g/mol. The first-order valence-corrected chi connectivity index (χ1v) is 6.26. The maximum absolute atomic E-state index is 12.1. The van der Waals surface area contributed by atoms with Crippen LogP contribution in [0.15, 0.2) is 0 Å². The van der Waals surface area contributed by atoms with Crippen molar-refractivity contribution < 1.29 is 14.7 Å². The van der Waals surface area contributed by atoms with E-state index in [0.717, 1.165) is 13.0 Å². The predicted molar refractivity (Wildman–Crippen MR) is 68.5 cm³/mol. The Morgan fingerprint density at radius 1 is 1.28 bits per heavy atom. The van der Waals surface area contributed by atoms with Crippen LogP contribution in [0.2, 0.25) is 0 Å². The van der Waals surface area contributed by atoms with Crippen LogP contribution < -0.4 is 0 Å². The van der Waals surface area contributed by atoms with Gasteiger partial charge in [-0.05, 0) is 26.4 Å². The molecule has 0 aliphatic carbocycles. The molecule has 0 aromatic heterocycles. The second-order valence-corrected chi connectivity index (χ2v) is 5.21. The quantitative estimate of drug-likeness (QED) is 0.774. The van der Waals surface area contributed by atoms with Crippen LogP contribution in [0, 0.1) is 5.92 Å². The Bertz CT molecular complexity index is 307. The number of carboxylic acid groups (broad SMARTS) is 1. The highest BCUT2D eigenvalue weighted by Crippen LogP contribution is 2.20. The Balaban J connectivity index is 2.37. The van der Waals surface area contributed by atoms with E-state index in [9.17, 15) is 9.59 Å². The lowest BCUT2D eigenvalue weighted by molar-refractivity contribution is -0.138. The number of hydrogen-bond acceptors (Lipinski definition) is 3. The molecule has 1 aliphatic rings. The number of hydrogen-bond donors (Lipinski definition) is 1. The van der Waals surface area contributed by atoms with E-state index in [1.807, 2.05) is 19.0 Å². The summed E-state index contributed by atoms with van der Waals surface area (Å²) in [4.78, 5) is 28.2. The number of carboxylic acids is 1. The number of carbonyl (C=O) groups is 2. The van der Waals surface area contributed by atoms with Gasteiger partial charge in [0.1, 0.15) is 0 Å². The summed E-state index contributed by atoms with van der Waals surface area (Å²) in [5.74, 6) is -0.677. The zero-order valence-electron chi connectivity index (χ0n) is 11.4. The molecule has 1 N–H and O–H groups in total. The number of likely N-dealkylation sites (N-methyl/N-ethyl adjacent to an activating group) is 2. The van der Waals surface area contributed by atoms with E-state index in [-0.39, 0.29) is 18.4 Å². The summed E-state index contributed by atoms with van der Waals surface area (Å²) in [6.07, 6.45) is 0.949. The Morgan fingerprint density at radius 2 is 1.94 bits per heavy atom. The van der Waals surface area contributed by atoms with Crippen LogP contribution in [0.4, 0.5) is 4.79 Å². The average Bonchev–Trinajstić information content (AvgIpc) is 2.72. The number of likely N-dealkylation sites (tertiary alicyclic amines) is 1. The van der Waals surface area contributed by atoms with Crippen LogP contribution in [0.25, 0.3) is 0 Å². The summed E-state index contributed by atoms with van der Waals surface area (Å²) in [5, 5.41) is 8.73. The van der Waals surface area contributed by atoms with Crippen molar-refractivity contribution >= 4 is 12.0 Å². The van der Waals surface area contributed by atoms with E-state index < -0.39 is 5.97 Å². The van der Waals surface area contributed by atoms with Crippen molar-refractivity contribution in [2.45, 2.75) is 12.8 Å². The van der Waals surface area contributed by atoms with E-state index in [4.69, 9.17) is 5.11 Å². The third kappa shape index (κ3) is 4.52. The summed E-state index contributed by atoms with van der Waals surface area (Å²) in [7, 11) is 5.73. The molecule has 1 unspecified atom stereocenters. The predicted octanol–water partition coefficient (Wildman–Crippen LogP) is 0.396. The summed E-state index contributed by atoms with van der Waals surface area (Å²) in [5.41, 5.74) is 0. The minimum Gasteiger partial charge on any atom is -0.481 e. The first-order valence-electron chi connectivity index (χ1n) is 6.26. The Labute approximate surface area is 108 Å². The van der Waals surface area contributed by atoms with E-state index in [1.165, 1.54) is 0 Å². The molecule has 104 valence electrons. The monoisotopic (exact) mass is 257 g/mol. The number of amides is 2. The fraction of sp³-hybridized carbons (Fsp3) is 0.833. The minimum atomic E-state index is -0.782. The van der Waals surface area contributed by atoms with Crippen LogP contribution >= 0.6 is 0 Å². The van der Waals surface area contributed by atoms with Crippen molar-refractivity contribution in [3.05, 3.63) is 0 Å². The molecule has 1 saturated heterocycles. The van der Waals surface area contributed by atoms with E-state index in [1.54, 1.807) is 16.8 Å². The number of carbonyl (C=O) groups excluding carboxylic acids is 1. The van der Waals surface area contributed by atoms with E-state index >= 15 is 0 Å². The van der Waals surface area contributed by atoms with Crippen LogP contribution in [0.1, 0.15) is 12.8 Å². The second kappa shape index (κ2) is 6.58. The molecule has 1 fully saturated rings. The molecule has 6 heteroatoms. The van der Waals surface area contributed by atoms with Gasteiger partial charge in [0, 0.05) is 39.6 Å². The first-order chi connectivity index (χ1) is 8.40. The number of urea groups is 1. The molecular formula is C12H23N3O3. The SMILES string of the molecule is CN(C)CCN(C)C(=O)N1CCC(CC(=O)O)C1. The Hall–Kier alpha value is -1.30. The lowest BCUT2D eigenvalue weighted by Crippen LogP contribution is -2.42. The molecule has 0 radical (unpaired) electrons. The smallest absolute Gasteiger partial charge is 0.319 e. The van der Waals surface area contributed by atoms with Gasteiger partial charge < -0.3 is 19.8 Å². The largest absolute Gasteiger partial charge is 0.481 e. The summed E-state index contributed by atoms with van der Waals surface area (Å²) >= 11 is 0. The highest BCUT2D eigenvalue weighted by atomic mass is 16.4. The highest BCUT2D eigenvalue weighted by Gasteiger charge is 2.29. The van der Waals surface area contributed by atoms with Crippen molar-refractivity contribution in [1.82, 2.24) is 14.7 Å². The lowest BCUT2D eigenvalue weighted by atomic mass is 10.1. The normalized spacial score (nSPS) is 19.3. The molecule has 6 nitrogen and oxygen atoms in total. The Kier molecular flexibility index (Phi) is 5.40. The topological polar surface area (TPSA) is 64.1 Å². The molecule has 1 atom stereocenters. The van der Waals surface area contributed by atoms with Gasteiger partial charge in [0.15, 0.2) is 0 Å². The second-order valence-electron chi connectivity index (χ2n) is 5.21. The van der Waals surface area contributed by atoms with Crippen LogP contribution in [-0.4, -0.2) is 79.1 Å². The molecule has 1 aliphatic heterocycles. The lowest BCUT2D eigenvalue weighted by Gasteiger charge is -2.25. The molecule has 0 saturated carbocycles. The van der Waals surface area contributed by atoms with Gasteiger partial charge in [-0.3, -0.25) is 4.79 Å². The van der Waals surface area contributed by atoms with Gasteiger partial charge in [-0.1, -0.05) is 0 Å². The van der Waals surface area contributed by atoms with Crippen LogP contribution in [0.5, 0.6) is 0 Å². The van der Waals surface area contributed by atoms with Gasteiger partial charge in [-0.15, -0.1) is 0 Å². The molecule has 18 heavy (non-hydrogen) atoms. The van der Waals surface area contributed by atoms with Gasteiger partial charge in [0.05, 0.1) is 0 Å². The highest BCUT2D eigenvalue weighted by molar-refractivity contribution is 5.74. The van der Waals surface area contributed by atoms with Crippen LogP contribution in [0.3, 0.4) is 0 Å². The van der Waals surface area contributed by atoms with Crippen molar-refractivity contribution in [1.29, 1.82) is 0 Å². The number of rotatable bonds is 5. The molecular weight excluding hydrogens is 234 g/mol. The fourth-order valence-corrected chi connectivity index (χ4v) is 2.11. The molecule has 2 amide bonds. The number of nitrogens with zero attached hydrogens (tertiary/aromatic N) is 3. The molecule has 0 bridgehead atoms. The van der Waals surface area contributed by atoms with Gasteiger partial charge in [0.2, 0.25) is 0 Å². The standard InChI is InChI=1S/C12H23N3O3/c1-13(2)6-7-14(3)12(18)15-5-4-10(9-15)8-11(16)17/h10H,4-9H2,1-3H3,(H,16,17). The fourth-order valence-electron chi connectivity index (χ4n) is 2.11. The summed E-state index contributed by atoms with van der Waals surface area (Å²) < 4.78 is 0. The van der Waals surface area contributed by atoms with Gasteiger partial charge in [0.25, 0.3) is 0 Å². The van der Waals surface area contributed by atoms with Crippen molar-refractivity contribution in [2.75, 3.05) is 47.3 Å². The molecule has 0 aromatic carbocycles. The van der Waals surface area contributed by atoms with Crippen molar-refractivity contribution in [3.8, 4) is 0 Å². The Morgan fingerprint density at radius 3 is 2.50 bits per heavy atom. The first kappa shape index (κ1) is 14.8. The number of aliphatic carboxylic acids is 1. The van der Waals surface area contributed by atoms with Crippen LogP contribution in [-0.2, 0) is 4.79 Å². The molecule has 0 spiro atoms. The zero-order chi connectivity index (χ0) is 13.7. The van der Waals surface area contributed by atoms with Crippen molar-refractivity contribution in [2.24, 2.45) is 5.92 Å². The third-order valence-electron chi connectivity index (χ3n) is 3.23. The summed E-state index contributed by atoms with van der Waals surface area (Å²) in [6.45, 7) is 2.75. The van der Waals surface area contributed by atoms with Gasteiger partial charge in [-0.25, -0.2) is 4.79 Å². The van der Waals surface area contributed by atoms with Gasteiger partial charge >= 0.3 is 12.0 Å². The maximum Gasteiger partial charge on any atom is 0.319 e. The maximum atomic E-state index is 12.1. The molecule has 1 rings (SSSR count). The van der Waals surface area contributed by atoms with E-state index in [0.29, 0.717) is 19.6 Å². The van der Waals surface area contributed by atoms with Crippen molar-refractivity contribution in [3.63, 3.8) is 0 Å². The summed E-state index contributed by atoms with van der Waals surface area (Å²) in [6, 6.07) is 0.00439. The minimum absolute atomic E-state index is 0.00439. The molecule has 0 aromatic rings. The third-order valence-corrected chi connectivity index (χ3v) is 3.23. The zero-order valence-corrected chi connectivity index (χ0v) is 11.4. The van der Waals surface area contributed by atoms with Gasteiger partial charge in [-0.2, -0.15) is 0 Å². The molecule has 1 heterocycles. The van der Waals surface area contributed by atoms with E-state index in [2.05, 4.69) is 0 Å².